The molecule has 0 fully saturated rings. The van der Waals surface area contributed by atoms with E-state index >= 15 is 0 Å². The van der Waals surface area contributed by atoms with Crippen molar-refractivity contribution >= 4 is 33.3 Å². The van der Waals surface area contributed by atoms with Crippen molar-refractivity contribution in [2.24, 2.45) is 0 Å². The Kier molecular flexibility index (Phi) is 4.05. The van der Waals surface area contributed by atoms with Crippen molar-refractivity contribution < 1.29 is 9.21 Å². The molecule has 0 aliphatic rings. The fraction of sp³-hybridized carbons (Fsp3) is 0.150. The molecule has 0 aliphatic heterocycles. The monoisotopic (exact) mass is 363 g/mol. The molecule has 26 heavy (non-hydrogen) atoms. The second kappa shape index (κ2) is 6.38. The highest BCUT2D eigenvalue weighted by Crippen LogP contribution is 2.33. The van der Waals surface area contributed by atoms with Crippen molar-refractivity contribution in [3.8, 4) is 10.6 Å². The van der Waals surface area contributed by atoms with Crippen LogP contribution in [0.15, 0.2) is 47.0 Å². The summed E-state index contributed by atoms with van der Waals surface area (Å²) in [6.45, 7) is 5.61. The lowest BCUT2D eigenvalue weighted by Gasteiger charge is -2.11. The second-order valence-corrected chi connectivity index (χ2v) is 7.08. The molecule has 4 aromatic rings. The first-order valence-electron chi connectivity index (χ1n) is 8.23. The maximum atomic E-state index is 12.6. The SMILES string of the molecule is Cc1cc(C(=O)Nc2cccc(-c3nc4cccnc4s3)c2C)c(C)o1. The number of nitrogens with one attached hydrogen (secondary N) is 1. The third-order valence-corrected chi connectivity index (χ3v) is 5.28. The minimum Gasteiger partial charge on any atom is -0.466 e. The minimum atomic E-state index is -0.175. The fourth-order valence-electron chi connectivity index (χ4n) is 2.93. The molecular formula is C20H17N3O2S. The molecule has 1 amide bonds. The zero-order valence-corrected chi connectivity index (χ0v) is 15.5. The Balaban J connectivity index is 1.69. The van der Waals surface area contributed by atoms with Gasteiger partial charge in [-0.25, -0.2) is 9.97 Å². The highest BCUT2D eigenvalue weighted by molar-refractivity contribution is 7.21. The molecule has 0 bridgehead atoms. The molecule has 0 atom stereocenters. The number of benzene rings is 1. The number of carbonyl (C=O) groups excluding carboxylic acids is 1. The molecule has 4 rings (SSSR count). The number of carbonyl (C=O) groups is 1. The number of furan rings is 1. The molecule has 0 saturated carbocycles. The average molecular weight is 363 g/mol. The van der Waals surface area contributed by atoms with Gasteiger partial charge >= 0.3 is 0 Å². The third kappa shape index (κ3) is 2.88. The molecule has 3 heterocycles. The lowest BCUT2D eigenvalue weighted by molar-refractivity contribution is 0.102. The van der Waals surface area contributed by atoms with Crippen LogP contribution in [0.4, 0.5) is 5.69 Å². The molecule has 0 radical (unpaired) electrons. The van der Waals surface area contributed by atoms with Crippen LogP contribution < -0.4 is 5.32 Å². The average Bonchev–Trinajstić information content (AvgIpc) is 3.19. The van der Waals surface area contributed by atoms with Crippen LogP contribution in [0.3, 0.4) is 0 Å². The normalized spacial score (nSPS) is 11.0. The number of anilines is 1. The van der Waals surface area contributed by atoms with Crippen molar-refractivity contribution in [1.82, 2.24) is 9.97 Å². The lowest BCUT2D eigenvalue weighted by Crippen LogP contribution is -2.13. The van der Waals surface area contributed by atoms with Gasteiger partial charge in [0.1, 0.15) is 26.9 Å². The van der Waals surface area contributed by atoms with E-state index in [-0.39, 0.29) is 5.91 Å². The number of rotatable bonds is 3. The van der Waals surface area contributed by atoms with Crippen LogP contribution >= 0.6 is 11.3 Å². The number of nitrogens with zero attached hydrogens (tertiary/aromatic N) is 2. The summed E-state index contributed by atoms with van der Waals surface area (Å²) in [5.74, 6) is 1.16. The molecule has 0 aliphatic carbocycles. The Hall–Kier alpha value is -2.99. The Morgan fingerprint density at radius 2 is 2.00 bits per heavy atom. The number of amides is 1. The Morgan fingerprint density at radius 1 is 1.15 bits per heavy atom. The summed E-state index contributed by atoms with van der Waals surface area (Å²) in [5.41, 5.74) is 4.16. The van der Waals surface area contributed by atoms with E-state index in [9.17, 15) is 4.79 Å². The van der Waals surface area contributed by atoms with Gasteiger partial charge in [0.25, 0.3) is 5.91 Å². The predicted octanol–water partition coefficient (Wildman–Crippen LogP) is 5.13. The Labute approximate surface area is 154 Å². The van der Waals surface area contributed by atoms with Crippen LogP contribution in [0.25, 0.3) is 20.9 Å². The van der Waals surface area contributed by atoms with Gasteiger partial charge < -0.3 is 9.73 Å². The maximum absolute atomic E-state index is 12.6. The Bertz CT molecular complexity index is 1090. The smallest absolute Gasteiger partial charge is 0.259 e. The van der Waals surface area contributed by atoms with Gasteiger partial charge in [-0.3, -0.25) is 4.79 Å². The first-order chi connectivity index (χ1) is 12.5. The number of pyridine rings is 1. The number of fused-ring (bicyclic) bond motifs is 1. The molecule has 0 spiro atoms. The summed E-state index contributed by atoms with van der Waals surface area (Å²) in [5, 5.41) is 3.88. The van der Waals surface area contributed by atoms with Gasteiger partial charge in [0.2, 0.25) is 0 Å². The van der Waals surface area contributed by atoms with Crippen LogP contribution in [0.5, 0.6) is 0 Å². The van der Waals surface area contributed by atoms with E-state index in [0.717, 1.165) is 37.9 Å². The third-order valence-electron chi connectivity index (χ3n) is 4.26. The standard InChI is InChI=1S/C20H17N3O2S/c1-11-10-15(13(3)25-11)18(24)22-16-7-4-6-14(12(16)2)19-23-17-8-5-9-21-20(17)26-19/h4-10H,1-3H3,(H,22,24). The minimum absolute atomic E-state index is 0.175. The van der Waals surface area contributed by atoms with Crippen LogP contribution in [-0.2, 0) is 0 Å². The van der Waals surface area contributed by atoms with Gasteiger partial charge in [0, 0.05) is 17.4 Å². The number of aromatic nitrogens is 2. The van der Waals surface area contributed by atoms with Crippen molar-refractivity contribution in [1.29, 1.82) is 0 Å². The topological polar surface area (TPSA) is 68.0 Å². The van der Waals surface area contributed by atoms with Gasteiger partial charge in [-0.2, -0.15) is 0 Å². The van der Waals surface area contributed by atoms with Gasteiger partial charge in [-0.05, 0) is 50.6 Å². The van der Waals surface area contributed by atoms with E-state index in [4.69, 9.17) is 4.42 Å². The Morgan fingerprint density at radius 3 is 2.73 bits per heavy atom. The van der Waals surface area contributed by atoms with Crippen LogP contribution in [0, 0.1) is 20.8 Å². The molecule has 5 nitrogen and oxygen atoms in total. The number of hydrogen-bond acceptors (Lipinski definition) is 5. The summed E-state index contributed by atoms with van der Waals surface area (Å²) in [6, 6.07) is 11.4. The largest absolute Gasteiger partial charge is 0.466 e. The van der Waals surface area contributed by atoms with Crippen molar-refractivity contribution in [2.75, 3.05) is 5.32 Å². The van der Waals surface area contributed by atoms with Crippen LogP contribution in [0.1, 0.15) is 27.4 Å². The summed E-state index contributed by atoms with van der Waals surface area (Å²) in [7, 11) is 0. The number of thiazole rings is 1. The molecule has 130 valence electrons. The molecule has 1 aromatic carbocycles. The summed E-state index contributed by atoms with van der Waals surface area (Å²) >= 11 is 1.54. The highest BCUT2D eigenvalue weighted by atomic mass is 32.1. The molecule has 3 aromatic heterocycles. The summed E-state index contributed by atoms with van der Waals surface area (Å²) < 4.78 is 5.45. The first kappa shape index (κ1) is 16.5. The molecule has 1 N–H and O–H groups in total. The van der Waals surface area contributed by atoms with Gasteiger partial charge in [0.05, 0.1) is 5.56 Å². The van der Waals surface area contributed by atoms with Crippen molar-refractivity contribution in [3.63, 3.8) is 0 Å². The first-order valence-corrected chi connectivity index (χ1v) is 9.04. The molecular weight excluding hydrogens is 346 g/mol. The van der Waals surface area contributed by atoms with Gasteiger partial charge in [-0.1, -0.05) is 23.5 Å². The van der Waals surface area contributed by atoms with Crippen molar-refractivity contribution in [3.05, 3.63) is 65.2 Å². The van der Waals surface area contributed by atoms with E-state index in [2.05, 4.69) is 15.3 Å². The van der Waals surface area contributed by atoms with Crippen LogP contribution in [0.2, 0.25) is 0 Å². The van der Waals surface area contributed by atoms with E-state index in [1.807, 2.05) is 44.2 Å². The van der Waals surface area contributed by atoms with Gasteiger partial charge in [0.15, 0.2) is 0 Å². The predicted molar refractivity (Wildman–Crippen MR) is 104 cm³/mol. The maximum Gasteiger partial charge on any atom is 0.259 e. The zero-order chi connectivity index (χ0) is 18.3. The molecule has 6 heteroatoms. The fourth-order valence-corrected chi connectivity index (χ4v) is 3.92. The lowest BCUT2D eigenvalue weighted by atomic mass is 10.1. The van der Waals surface area contributed by atoms with Crippen LogP contribution in [-0.4, -0.2) is 15.9 Å². The molecule has 0 saturated heterocycles. The quantitative estimate of drug-likeness (QED) is 0.548. The second-order valence-electron chi connectivity index (χ2n) is 6.11. The molecule has 0 unspecified atom stereocenters. The van der Waals surface area contributed by atoms with E-state index in [1.165, 1.54) is 0 Å². The summed E-state index contributed by atoms with van der Waals surface area (Å²) in [6.07, 6.45) is 1.77. The highest BCUT2D eigenvalue weighted by Gasteiger charge is 2.16. The van der Waals surface area contributed by atoms with E-state index in [1.54, 1.807) is 30.5 Å². The van der Waals surface area contributed by atoms with E-state index in [0.29, 0.717) is 11.3 Å². The number of aryl methyl sites for hydroxylation is 2. The number of hydrogen-bond donors (Lipinski definition) is 1. The van der Waals surface area contributed by atoms with Crippen molar-refractivity contribution in [2.45, 2.75) is 20.8 Å². The summed E-state index contributed by atoms with van der Waals surface area (Å²) in [4.78, 5) is 22.5. The van der Waals surface area contributed by atoms with Gasteiger partial charge in [-0.15, -0.1) is 0 Å². The zero-order valence-electron chi connectivity index (χ0n) is 14.7. The van der Waals surface area contributed by atoms with E-state index < -0.39 is 0 Å².